The molecule has 28 heavy (non-hydrogen) atoms. The third-order valence-corrected chi connectivity index (χ3v) is 6.75. The van der Waals surface area contributed by atoms with Crippen molar-refractivity contribution < 1.29 is 0 Å². The molecule has 0 fully saturated rings. The molecule has 6 aromatic rings. The fraction of sp³-hybridized carbons (Fsp3) is 0. The van der Waals surface area contributed by atoms with Crippen LogP contribution in [0.1, 0.15) is 0 Å². The summed E-state index contributed by atoms with van der Waals surface area (Å²) in [6, 6.07) is 22.3. The van der Waals surface area contributed by atoms with E-state index in [0.29, 0.717) is 0 Å². The Labute approximate surface area is 169 Å². The SMILES string of the molecule is c1csc(-c2ccc3cc4cc5cc(-c6nccs6)ccc5cc4cc3c2)n1. The lowest BCUT2D eigenvalue weighted by atomic mass is 9.98. The fourth-order valence-electron chi connectivity index (χ4n) is 3.75. The highest BCUT2D eigenvalue weighted by Crippen LogP contribution is 2.32. The van der Waals surface area contributed by atoms with E-state index in [9.17, 15) is 0 Å². The maximum atomic E-state index is 4.44. The molecule has 0 aliphatic carbocycles. The van der Waals surface area contributed by atoms with E-state index in [2.05, 4.69) is 70.6 Å². The summed E-state index contributed by atoms with van der Waals surface area (Å²) in [6.07, 6.45) is 3.72. The Balaban J connectivity index is 1.54. The van der Waals surface area contributed by atoms with Gasteiger partial charge in [-0.05, 0) is 68.7 Å². The quantitative estimate of drug-likeness (QED) is 0.286. The smallest absolute Gasteiger partial charge is 0.123 e. The van der Waals surface area contributed by atoms with Crippen LogP contribution in [0.4, 0.5) is 0 Å². The molecule has 0 saturated heterocycles. The van der Waals surface area contributed by atoms with Crippen LogP contribution < -0.4 is 0 Å². The van der Waals surface area contributed by atoms with E-state index in [1.165, 1.54) is 43.4 Å². The highest BCUT2D eigenvalue weighted by molar-refractivity contribution is 7.13. The molecule has 2 aromatic heterocycles. The molecule has 0 saturated carbocycles. The summed E-state index contributed by atoms with van der Waals surface area (Å²) in [5.41, 5.74) is 2.35. The van der Waals surface area contributed by atoms with E-state index < -0.39 is 0 Å². The fourth-order valence-corrected chi connectivity index (χ4v) is 5.02. The van der Waals surface area contributed by atoms with Crippen molar-refractivity contribution in [3.8, 4) is 21.1 Å². The van der Waals surface area contributed by atoms with E-state index in [0.717, 1.165) is 10.0 Å². The normalized spacial score (nSPS) is 11.6. The first-order valence-electron chi connectivity index (χ1n) is 9.05. The minimum Gasteiger partial charge on any atom is -0.245 e. The first-order valence-corrected chi connectivity index (χ1v) is 10.8. The van der Waals surface area contributed by atoms with Crippen LogP contribution >= 0.6 is 22.7 Å². The summed E-state index contributed by atoms with van der Waals surface area (Å²) in [4.78, 5) is 8.88. The van der Waals surface area contributed by atoms with Crippen LogP contribution in [-0.2, 0) is 0 Å². The minimum atomic E-state index is 1.07. The number of thiazole rings is 2. The molecular weight excluding hydrogens is 380 g/mol. The second kappa shape index (κ2) is 6.23. The van der Waals surface area contributed by atoms with Gasteiger partial charge in [-0.15, -0.1) is 22.7 Å². The second-order valence-corrected chi connectivity index (χ2v) is 8.64. The van der Waals surface area contributed by atoms with E-state index in [1.807, 2.05) is 23.2 Å². The predicted molar refractivity (Wildman–Crippen MR) is 121 cm³/mol. The van der Waals surface area contributed by atoms with Crippen LogP contribution in [0.3, 0.4) is 0 Å². The van der Waals surface area contributed by atoms with Crippen molar-refractivity contribution in [2.24, 2.45) is 0 Å². The molecule has 4 aromatic carbocycles. The van der Waals surface area contributed by atoms with Crippen LogP contribution in [0.2, 0.25) is 0 Å². The molecule has 0 amide bonds. The maximum absolute atomic E-state index is 4.44. The highest BCUT2D eigenvalue weighted by atomic mass is 32.1. The Kier molecular flexibility index (Phi) is 3.54. The van der Waals surface area contributed by atoms with E-state index >= 15 is 0 Å². The van der Waals surface area contributed by atoms with Crippen molar-refractivity contribution in [1.82, 2.24) is 9.97 Å². The van der Waals surface area contributed by atoms with Gasteiger partial charge >= 0.3 is 0 Å². The Morgan fingerprint density at radius 1 is 0.464 bits per heavy atom. The van der Waals surface area contributed by atoms with Gasteiger partial charge in [-0.1, -0.05) is 24.3 Å². The summed E-state index contributed by atoms with van der Waals surface area (Å²) < 4.78 is 0. The lowest BCUT2D eigenvalue weighted by Crippen LogP contribution is -1.82. The molecule has 2 nitrogen and oxygen atoms in total. The molecule has 2 heterocycles. The van der Waals surface area contributed by atoms with Gasteiger partial charge in [-0.3, -0.25) is 0 Å². The highest BCUT2D eigenvalue weighted by Gasteiger charge is 2.07. The minimum absolute atomic E-state index is 1.07. The van der Waals surface area contributed by atoms with Crippen LogP contribution in [0.15, 0.2) is 83.8 Å². The Morgan fingerprint density at radius 3 is 1.32 bits per heavy atom. The summed E-state index contributed by atoms with van der Waals surface area (Å²) >= 11 is 3.35. The molecule has 0 bridgehead atoms. The number of fused-ring (bicyclic) bond motifs is 3. The zero-order chi connectivity index (χ0) is 18.5. The Morgan fingerprint density at radius 2 is 0.893 bits per heavy atom. The number of aromatic nitrogens is 2. The summed E-state index contributed by atoms with van der Waals surface area (Å²) in [7, 11) is 0. The van der Waals surface area contributed by atoms with E-state index in [-0.39, 0.29) is 0 Å². The number of benzene rings is 4. The average Bonchev–Trinajstić information content (AvgIpc) is 3.44. The zero-order valence-corrected chi connectivity index (χ0v) is 16.4. The third kappa shape index (κ3) is 2.61. The molecule has 0 radical (unpaired) electrons. The van der Waals surface area contributed by atoms with Gasteiger partial charge in [-0.2, -0.15) is 0 Å². The third-order valence-electron chi connectivity index (χ3n) is 5.11. The standard InChI is InChI=1S/C24H14N2S2/c1-3-17(23-25-5-7-27-23)11-19-13-22-10-16-2-4-18(24-26-6-8-28-24)12-20(16)14-21(22)9-15(1)19/h1-14H. The first kappa shape index (κ1) is 15.9. The molecule has 0 unspecified atom stereocenters. The van der Waals surface area contributed by atoms with Gasteiger partial charge < -0.3 is 0 Å². The van der Waals surface area contributed by atoms with Crippen LogP contribution in [0.5, 0.6) is 0 Å². The molecule has 0 aliphatic rings. The molecule has 0 spiro atoms. The molecule has 0 N–H and O–H groups in total. The lowest BCUT2D eigenvalue weighted by molar-refractivity contribution is 1.42. The van der Waals surface area contributed by atoms with Crippen LogP contribution in [0.25, 0.3) is 53.5 Å². The first-order chi connectivity index (χ1) is 13.8. The van der Waals surface area contributed by atoms with Crippen LogP contribution in [0, 0.1) is 0 Å². The van der Waals surface area contributed by atoms with Crippen molar-refractivity contribution in [2.75, 3.05) is 0 Å². The predicted octanol–water partition coefficient (Wildman–Crippen LogP) is 7.39. The van der Waals surface area contributed by atoms with Crippen molar-refractivity contribution in [3.63, 3.8) is 0 Å². The molecule has 0 aliphatic heterocycles. The Hall–Kier alpha value is -3.08. The molecule has 0 atom stereocenters. The van der Waals surface area contributed by atoms with Gasteiger partial charge in [0.05, 0.1) is 0 Å². The van der Waals surface area contributed by atoms with Gasteiger partial charge in [0, 0.05) is 34.3 Å². The summed E-state index contributed by atoms with van der Waals surface area (Å²) in [6.45, 7) is 0. The number of hydrogen-bond acceptors (Lipinski definition) is 4. The van der Waals surface area contributed by atoms with E-state index in [1.54, 1.807) is 22.7 Å². The van der Waals surface area contributed by atoms with Crippen molar-refractivity contribution in [2.45, 2.75) is 0 Å². The van der Waals surface area contributed by atoms with Crippen molar-refractivity contribution in [3.05, 3.63) is 83.8 Å². The van der Waals surface area contributed by atoms with Crippen molar-refractivity contribution in [1.29, 1.82) is 0 Å². The van der Waals surface area contributed by atoms with Crippen LogP contribution in [-0.4, -0.2) is 9.97 Å². The second-order valence-electron chi connectivity index (χ2n) is 6.85. The average molecular weight is 395 g/mol. The van der Waals surface area contributed by atoms with Crippen molar-refractivity contribution >= 4 is 55.0 Å². The van der Waals surface area contributed by atoms with Gasteiger partial charge in [0.25, 0.3) is 0 Å². The number of hydrogen-bond donors (Lipinski definition) is 0. The molecular formula is C24H14N2S2. The Bertz CT molecular complexity index is 1340. The van der Waals surface area contributed by atoms with E-state index in [4.69, 9.17) is 0 Å². The van der Waals surface area contributed by atoms with Gasteiger partial charge in [0.15, 0.2) is 0 Å². The molecule has 6 rings (SSSR count). The topological polar surface area (TPSA) is 25.8 Å². The lowest BCUT2D eigenvalue weighted by Gasteiger charge is -2.07. The van der Waals surface area contributed by atoms with Gasteiger partial charge in [0.2, 0.25) is 0 Å². The zero-order valence-electron chi connectivity index (χ0n) is 14.8. The van der Waals surface area contributed by atoms with Gasteiger partial charge in [-0.25, -0.2) is 9.97 Å². The largest absolute Gasteiger partial charge is 0.245 e. The number of rotatable bonds is 2. The van der Waals surface area contributed by atoms with Gasteiger partial charge in [0.1, 0.15) is 10.0 Å². The summed E-state index contributed by atoms with van der Waals surface area (Å²) in [5, 5.41) is 13.7. The monoisotopic (exact) mass is 394 g/mol. The molecule has 4 heteroatoms. The number of nitrogens with zero attached hydrogens (tertiary/aromatic N) is 2. The molecule has 132 valence electrons. The maximum Gasteiger partial charge on any atom is 0.123 e. The summed E-state index contributed by atoms with van der Waals surface area (Å²) in [5.74, 6) is 0.